The van der Waals surface area contributed by atoms with Crippen LogP contribution in [0.4, 0.5) is 0 Å². The largest absolute Gasteiger partial charge is 0.380 e. The number of nitrogens with zero attached hydrogens (tertiary/aromatic N) is 3. The lowest BCUT2D eigenvalue weighted by molar-refractivity contribution is 0.139. The van der Waals surface area contributed by atoms with Crippen LogP contribution < -0.4 is 10.8 Å². The van der Waals surface area contributed by atoms with Gasteiger partial charge in [0.1, 0.15) is 5.36 Å². The first kappa shape index (κ1) is 13.5. The third kappa shape index (κ3) is 2.11. The van der Waals surface area contributed by atoms with Crippen molar-refractivity contribution in [2.45, 2.75) is 25.6 Å². The number of ether oxygens (including phenoxy) is 1. The van der Waals surface area contributed by atoms with Crippen molar-refractivity contribution >= 4 is 10.9 Å². The van der Waals surface area contributed by atoms with E-state index in [4.69, 9.17) is 14.7 Å². The molecule has 1 aromatic carbocycles. The van der Waals surface area contributed by atoms with Gasteiger partial charge in [-0.2, -0.15) is 0 Å². The summed E-state index contributed by atoms with van der Waals surface area (Å²) in [7, 11) is 0. The molecule has 2 aliphatic rings. The fourth-order valence-electron chi connectivity index (χ4n) is 3.17. The zero-order chi connectivity index (χ0) is 14.9. The summed E-state index contributed by atoms with van der Waals surface area (Å²) in [5.74, 6) is 0. The SMILES string of the molecule is CCOCCn1c2c(c3ccccc31)=NC1C=CC=CC1N=2. The normalized spacial score (nSPS) is 22.0. The first-order valence-electron chi connectivity index (χ1n) is 7.84. The second kappa shape index (κ2) is 5.54. The van der Waals surface area contributed by atoms with Gasteiger partial charge >= 0.3 is 0 Å². The molecule has 0 N–H and O–H groups in total. The molecule has 112 valence electrons. The van der Waals surface area contributed by atoms with Gasteiger partial charge in [-0.15, -0.1) is 0 Å². The van der Waals surface area contributed by atoms with Crippen LogP contribution >= 0.6 is 0 Å². The highest BCUT2D eigenvalue weighted by molar-refractivity contribution is 5.79. The lowest BCUT2D eigenvalue weighted by Gasteiger charge is -2.19. The highest BCUT2D eigenvalue weighted by atomic mass is 16.5. The summed E-state index contributed by atoms with van der Waals surface area (Å²) in [5.41, 5.74) is 2.17. The van der Waals surface area contributed by atoms with Gasteiger partial charge in [-0.05, 0) is 13.0 Å². The summed E-state index contributed by atoms with van der Waals surface area (Å²) in [5, 5.41) is 2.20. The lowest BCUT2D eigenvalue weighted by Crippen LogP contribution is -2.40. The standard InChI is InChI=1S/C18H19N3O/c1-2-22-12-11-21-16-10-6-3-7-13(16)17-18(21)20-15-9-5-4-8-14(15)19-17/h3-10,14-15H,2,11-12H2,1H3. The molecule has 0 saturated heterocycles. The Bertz CT molecular complexity index is 876. The van der Waals surface area contributed by atoms with E-state index < -0.39 is 0 Å². The van der Waals surface area contributed by atoms with Crippen molar-refractivity contribution in [1.29, 1.82) is 0 Å². The van der Waals surface area contributed by atoms with Crippen molar-refractivity contribution in [2.75, 3.05) is 13.2 Å². The Morgan fingerprint density at radius 2 is 1.86 bits per heavy atom. The summed E-state index contributed by atoms with van der Waals surface area (Å²) < 4.78 is 7.78. The second-order valence-corrected chi connectivity index (χ2v) is 5.55. The molecular weight excluding hydrogens is 274 g/mol. The molecular formula is C18H19N3O. The van der Waals surface area contributed by atoms with E-state index in [1.165, 1.54) is 10.9 Å². The maximum atomic E-state index is 5.54. The maximum absolute atomic E-state index is 5.54. The Kier molecular flexibility index (Phi) is 3.39. The minimum atomic E-state index is 0.118. The summed E-state index contributed by atoms with van der Waals surface area (Å²) in [6.07, 6.45) is 8.36. The van der Waals surface area contributed by atoms with E-state index in [9.17, 15) is 0 Å². The fraction of sp³-hybridized carbons (Fsp3) is 0.333. The average Bonchev–Trinajstić information content (AvgIpc) is 2.87. The van der Waals surface area contributed by atoms with Crippen molar-refractivity contribution in [3.05, 3.63) is 59.4 Å². The smallest absolute Gasteiger partial charge is 0.155 e. The molecule has 0 saturated carbocycles. The predicted octanol–water partition coefficient (Wildman–Crippen LogP) is 1.79. The molecule has 4 nitrogen and oxygen atoms in total. The van der Waals surface area contributed by atoms with Crippen LogP contribution in [0.1, 0.15) is 6.92 Å². The van der Waals surface area contributed by atoms with Crippen molar-refractivity contribution < 1.29 is 4.74 Å². The number of benzene rings is 1. The number of allylic oxidation sites excluding steroid dienone is 2. The van der Waals surface area contributed by atoms with Gasteiger partial charge in [0.2, 0.25) is 0 Å². The van der Waals surface area contributed by atoms with Crippen molar-refractivity contribution in [3.63, 3.8) is 0 Å². The van der Waals surface area contributed by atoms with Crippen LogP contribution in [0.3, 0.4) is 0 Å². The highest BCUT2D eigenvalue weighted by Gasteiger charge is 2.22. The summed E-state index contributed by atoms with van der Waals surface area (Å²) in [4.78, 5) is 9.91. The third-order valence-electron chi connectivity index (χ3n) is 4.21. The van der Waals surface area contributed by atoms with E-state index in [2.05, 4.69) is 53.1 Å². The van der Waals surface area contributed by atoms with Gasteiger partial charge in [0.25, 0.3) is 0 Å². The number of fused-ring (bicyclic) bond motifs is 4. The molecule has 2 unspecified atom stereocenters. The molecule has 0 amide bonds. The minimum absolute atomic E-state index is 0.118. The Balaban J connectivity index is 1.93. The van der Waals surface area contributed by atoms with Crippen LogP contribution in [0, 0.1) is 0 Å². The van der Waals surface area contributed by atoms with Gasteiger partial charge in [-0.3, -0.25) is 9.98 Å². The van der Waals surface area contributed by atoms with Gasteiger partial charge in [0.05, 0.1) is 24.2 Å². The number of para-hydroxylation sites is 1. The molecule has 2 heterocycles. The number of aromatic nitrogens is 1. The fourth-order valence-corrected chi connectivity index (χ4v) is 3.17. The number of hydrogen-bond donors (Lipinski definition) is 0. The molecule has 4 rings (SSSR count). The average molecular weight is 293 g/mol. The lowest BCUT2D eigenvalue weighted by atomic mass is 10.0. The molecule has 4 heteroatoms. The molecule has 22 heavy (non-hydrogen) atoms. The molecule has 1 aromatic heterocycles. The van der Waals surface area contributed by atoms with E-state index >= 15 is 0 Å². The monoisotopic (exact) mass is 293 g/mol. The quantitative estimate of drug-likeness (QED) is 0.792. The molecule has 1 aliphatic heterocycles. The summed E-state index contributed by atoms with van der Waals surface area (Å²) >= 11 is 0. The zero-order valence-electron chi connectivity index (χ0n) is 12.6. The van der Waals surface area contributed by atoms with E-state index in [1.807, 2.05) is 6.92 Å². The number of hydrogen-bond acceptors (Lipinski definition) is 3. The molecule has 2 atom stereocenters. The highest BCUT2D eigenvalue weighted by Crippen LogP contribution is 2.16. The van der Waals surface area contributed by atoms with Crippen LogP contribution in [-0.2, 0) is 11.3 Å². The van der Waals surface area contributed by atoms with E-state index in [-0.39, 0.29) is 12.1 Å². The summed E-state index contributed by atoms with van der Waals surface area (Å²) in [6.45, 7) is 4.26. The van der Waals surface area contributed by atoms with Crippen molar-refractivity contribution in [2.24, 2.45) is 9.98 Å². The summed E-state index contributed by atoms with van der Waals surface area (Å²) in [6, 6.07) is 8.65. The molecule has 0 spiro atoms. The second-order valence-electron chi connectivity index (χ2n) is 5.55. The molecule has 0 fully saturated rings. The number of rotatable bonds is 4. The van der Waals surface area contributed by atoms with Gasteiger partial charge in [-0.1, -0.05) is 42.5 Å². The molecule has 1 aliphatic carbocycles. The van der Waals surface area contributed by atoms with E-state index in [0.29, 0.717) is 6.61 Å². The Morgan fingerprint density at radius 3 is 2.68 bits per heavy atom. The van der Waals surface area contributed by atoms with Crippen LogP contribution in [0.5, 0.6) is 0 Å². The topological polar surface area (TPSA) is 38.9 Å². The Morgan fingerprint density at radius 1 is 1.09 bits per heavy atom. The maximum Gasteiger partial charge on any atom is 0.155 e. The molecule has 0 radical (unpaired) electrons. The first-order chi connectivity index (χ1) is 10.9. The van der Waals surface area contributed by atoms with Crippen molar-refractivity contribution in [1.82, 2.24) is 4.57 Å². The Labute approximate surface area is 129 Å². The van der Waals surface area contributed by atoms with Crippen LogP contribution in [0.2, 0.25) is 0 Å². The predicted molar refractivity (Wildman–Crippen MR) is 86.6 cm³/mol. The third-order valence-corrected chi connectivity index (χ3v) is 4.21. The van der Waals surface area contributed by atoms with Crippen LogP contribution in [-0.4, -0.2) is 29.9 Å². The van der Waals surface area contributed by atoms with Crippen LogP contribution in [0.25, 0.3) is 10.9 Å². The minimum Gasteiger partial charge on any atom is -0.380 e. The zero-order valence-corrected chi connectivity index (χ0v) is 12.6. The Hall–Kier alpha value is -2.20. The first-order valence-corrected chi connectivity index (χ1v) is 7.84. The van der Waals surface area contributed by atoms with Gasteiger partial charge in [0, 0.05) is 18.5 Å². The van der Waals surface area contributed by atoms with E-state index in [1.54, 1.807) is 0 Å². The van der Waals surface area contributed by atoms with Gasteiger partial charge in [0.15, 0.2) is 5.49 Å². The van der Waals surface area contributed by atoms with Crippen molar-refractivity contribution in [3.8, 4) is 0 Å². The van der Waals surface area contributed by atoms with Crippen LogP contribution in [0.15, 0.2) is 58.6 Å². The van der Waals surface area contributed by atoms with Gasteiger partial charge in [-0.25, -0.2) is 0 Å². The molecule has 0 bridgehead atoms. The molecule has 2 aromatic rings. The van der Waals surface area contributed by atoms with Gasteiger partial charge < -0.3 is 9.30 Å². The van der Waals surface area contributed by atoms with E-state index in [0.717, 1.165) is 24.0 Å².